The summed E-state index contributed by atoms with van der Waals surface area (Å²) < 4.78 is 4.96. The number of nitrogens with zero attached hydrogens (tertiary/aromatic N) is 3. The van der Waals surface area contributed by atoms with E-state index in [4.69, 9.17) is 4.42 Å². The van der Waals surface area contributed by atoms with Crippen molar-refractivity contribution < 1.29 is 9.21 Å². The number of carbonyl (C=O) groups excluding carboxylic acids is 1. The van der Waals surface area contributed by atoms with Crippen LogP contribution in [0, 0.1) is 0 Å². The van der Waals surface area contributed by atoms with Crippen LogP contribution in [-0.4, -0.2) is 26.5 Å². The first-order valence-corrected chi connectivity index (χ1v) is 6.89. The largest absolute Gasteiger partial charge is 0.472 e. The lowest BCUT2D eigenvalue weighted by Gasteiger charge is -2.30. The molecule has 1 fully saturated rings. The maximum atomic E-state index is 12.3. The third-order valence-corrected chi connectivity index (χ3v) is 3.87. The van der Waals surface area contributed by atoms with Gasteiger partial charge in [0.1, 0.15) is 11.8 Å². The van der Waals surface area contributed by atoms with Gasteiger partial charge in [0.25, 0.3) is 5.91 Å². The van der Waals surface area contributed by atoms with Gasteiger partial charge in [0.05, 0.1) is 11.8 Å². The Hall–Kier alpha value is -2.18. The fourth-order valence-electron chi connectivity index (χ4n) is 2.78. The zero-order chi connectivity index (χ0) is 13.8. The molecule has 0 aromatic carbocycles. The normalized spacial score (nSPS) is 18.4. The Kier molecular flexibility index (Phi) is 3.49. The van der Waals surface area contributed by atoms with E-state index in [0.29, 0.717) is 11.4 Å². The van der Waals surface area contributed by atoms with Crippen molar-refractivity contribution >= 4 is 5.91 Å². The summed E-state index contributed by atoms with van der Waals surface area (Å²) in [6.07, 6.45) is 9.01. The molecule has 20 heavy (non-hydrogen) atoms. The zero-order valence-corrected chi connectivity index (χ0v) is 11.1. The number of furan rings is 1. The third-order valence-electron chi connectivity index (χ3n) is 3.87. The number of rotatable bonds is 3. The van der Waals surface area contributed by atoms with E-state index in [1.165, 1.54) is 25.4 Å². The van der Waals surface area contributed by atoms with Crippen LogP contribution in [0.4, 0.5) is 0 Å². The number of amides is 1. The van der Waals surface area contributed by atoms with Gasteiger partial charge < -0.3 is 9.73 Å². The van der Waals surface area contributed by atoms with Crippen LogP contribution < -0.4 is 5.32 Å². The molecule has 0 bridgehead atoms. The SMILES string of the molecule is O=C(NC1(c2nn[nH]n2)CCCCCC1)c1ccoc1. The molecular formula is C13H17N5O2. The number of carbonyl (C=O) groups is 1. The molecule has 7 heteroatoms. The van der Waals surface area contributed by atoms with Crippen LogP contribution >= 0.6 is 0 Å². The molecule has 2 heterocycles. The van der Waals surface area contributed by atoms with E-state index in [1.54, 1.807) is 6.07 Å². The van der Waals surface area contributed by atoms with E-state index in [9.17, 15) is 4.79 Å². The van der Waals surface area contributed by atoms with Gasteiger partial charge in [0.15, 0.2) is 5.82 Å². The fourth-order valence-corrected chi connectivity index (χ4v) is 2.78. The Morgan fingerprint density at radius 3 is 2.70 bits per heavy atom. The molecule has 1 aliphatic carbocycles. The Bertz CT molecular complexity index is 541. The fraction of sp³-hybridized carbons (Fsp3) is 0.538. The summed E-state index contributed by atoms with van der Waals surface area (Å²) in [5.41, 5.74) is -0.0187. The summed E-state index contributed by atoms with van der Waals surface area (Å²) in [6.45, 7) is 0. The van der Waals surface area contributed by atoms with Gasteiger partial charge in [-0.2, -0.15) is 5.21 Å². The number of aromatic amines is 1. The monoisotopic (exact) mass is 275 g/mol. The van der Waals surface area contributed by atoms with Crippen molar-refractivity contribution in [1.29, 1.82) is 0 Å². The maximum Gasteiger partial charge on any atom is 0.255 e. The summed E-state index contributed by atoms with van der Waals surface area (Å²) >= 11 is 0. The lowest BCUT2D eigenvalue weighted by atomic mass is 9.89. The predicted octanol–water partition coefficient (Wildman–Crippen LogP) is 1.77. The maximum absolute atomic E-state index is 12.3. The minimum absolute atomic E-state index is 0.162. The molecule has 0 atom stereocenters. The highest BCUT2D eigenvalue weighted by atomic mass is 16.3. The highest BCUT2D eigenvalue weighted by Gasteiger charge is 2.38. The molecule has 1 aliphatic rings. The van der Waals surface area contributed by atoms with Gasteiger partial charge in [-0.1, -0.05) is 30.9 Å². The van der Waals surface area contributed by atoms with E-state index in [1.807, 2.05) is 0 Å². The van der Waals surface area contributed by atoms with E-state index in [2.05, 4.69) is 25.9 Å². The highest BCUT2D eigenvalue weighted by molar-refractivity contribution is 5.94. The highest BCUT2D eigenvalue weighted by Crippen LogP contribution is 2.34. The molecule has 1 amide bonds. The first kappa shape index (κ1) is 12.8. The number of tetrazole rings is 1. The third kappa shape index (κ3) is 2.43. The number of nitrogens with one attached hydrogen (secondary N) is 2. The Balaban J connectivity index is 1.87. The zero-order valence-electron chi connectivity index (χ0n) is 11.1. The van der Waals surface area contributed by atoms with E-state index >= 15 is 0 Å². The molecule has 0 radical (unpaired) electrons. The van der Waals surface area contributed by atoms with E-state index in [0.717, 1.165) is 25.7 Å². The molecule has 0 unspecified atom stereocenters. The second kappa shape index (κ2) is 5.44. The minimum Gasteiger partial charge on any atom is -0.472 e. The van der Waals surface area contributed by atoms with Crippen LogP contribution in [-0.2, 0) is 5.54 Å². The first-order valence-electron chi connectivity index (χ1n) is 6.89. The van der Waals surface area contributed by atoms with Gasteiger partial charge in [-0.25, -0.2) is 0 Å². The molecule has 2 N–H and O–H groups in total. The number of hydrogen-bond acceptors (Lipinski definition) is 5. The van der Waals surface area contributed by atoms with Gasteiger partial charge in [-0.3, -0.25) is 4.79 Å². The van der Waals surface area contributed by atoms with Crippen molar-refractivity contribution in [2.75, 3.05) is 0 Å². The lowest BCUT2D eigenvalue weighted by molar-refractivity contribution is 0.0878. The van der Waals surface area contributed by atoms with Crippen LogP contribution in [0.3, 0.4) is 0 Å². The van der Waals surface area contributed by atoms with Crippen molar-refractivity contribution in [3.8, 4) is 0 Å². The summed E-state index contributed by atoms with van der Waals surface area (Å²) in [5.74, 6) is 0.404. The molecule has 0 spiro atoms. The van der Waals surface area contributed by atoms with E-state index < -0.39 is 5.54 Å². The van der Waals surface area contributed by atoms with Crippen LogP contribution in [0.1, 0.15) is 54.7 Å². The molecule has 2 aromatic heterocycles. The Morgan fingerprint density at radius 1 is 1.30 bits per heavy atom. The Labute approximate surface area is 116 Å². The van der Waals surface area contributed by atoms with Crippen LogP contribution in [0.25, 0.3) is 0 Å². The summed E-state index contributed by atoms with van der Waals surface area (Å²) in [5, 5.41) is 17.4. The summed E-state index contributed by atoms with van der Waals surface area (Å²) in [4.78, 5) is 12.3. The number of H-pyrrole nitrogens is 1. The molecule has 7 nitrogen and oxygen atoms in total. The predicted molar refractivity (Wildman–Crippen MR) is 69.7 cm³/mol. The number of hydrogen-bond donors (Lipinski definition) is 2. The average Bonchev–Trinajstić information content (AvgIpc) is 3.11. The van der Waals surface area contributed by atoms with Crippen molar-refractivity contribution in [2.24, 2.45) is 0 Å². The van der Waals surface area contributed by atoms with Crippen LogP contribution in [0.5, 0.6) is 0 Å². The molecule has 0 saturated heterocycles. The number of aromatic nitrogens is 4. The van der Waals surface area contributed by atoms with E-state index in [-0.39, 0.29) is 5.91 Å². The van der Waals surface area contributed by atoms with Gasteiger partial charge >= 0.3 is 0 Å². The Morgan fingerprint density at radius 2 is 2.10 bits per heavy atom. The first-order chi connectivity index (χ1) is 9.80. The van der Waals surface area contributed by atoms with Crippen molar-refractivity contribution in [3.63, 3.8) is 0 Å². The van der Waals surface area contributed by atoms with Gasteiger partial charge in [0, 0.05) is 0 Å². The topological polar surface area (TPSA) is 96.7 Å². The molecule has 106 valence electrons. The summed E-state index contributed by atoms with van der Waals surface area (Å²) in [7, 11) is 0. The minimum atomic E-state index is -0.530. The van der Waals surface area contributed by atoms with Crippen molar-refractivity contribution in [3.05, 3.63) is 30.0 Å². The quantitative estimate of drug-likeness (QED) is 0.832. The lowest BCUT2D eigenvalue weighted by Crippen LogP contribution is -2.46. The molecule has 1 saturated carbocycles. The second-order valence-corrected chi connectivity index (χ2v) is 5.20. The molecule has 2 aromatic rings. The second-order valence-electron chi connectivity index (χ2n) is 5.20. The molecular weight excluding hydrogens is 258 g/mol. The van der Waals surface area contributed by atoms with Crippen LogP contribution in [0.2, 0.25) is 0 Å². The average molecular weight is 275 g/mol. The summed E-state index contributed by atoms with van der Waals surface area (Å²) in [6, 6.07) is 1.65. The van der Waals surface area contributed by atoms with Crippen LogP contribution in [0.15, 0.2) is 23.0 Å². The van der Waals surface area contributed by atoms with Gasteiger partial charge in [-0.05, 0) is 18.9 Å². The molecule has 3 rings (SSSR count). The standard InChI is InChI=1S/C13H17N5O2/c19-11(10-5-8-20-9-10)14-13(12-15-17-18-16-12)6-3-1-2-4-7-13/h5,8-9H,1-4,6-7H2,(H,14,19)(H,15,16,17,18). The van der Waals surface area contributed by atoms with Gasteiger partial charge in [-0.15, -0.1) is 10.2 Å². The molecule has 0 aliphatic heterocycles. The van der Waals surface area contributed by atoms with Crippen molar-refractivity contribution in [1.82, 2.24) is 25.9 Å². The smallest absolute Gasteiger partial charge is 0.255 e. The van der Waals surface area contributed by atoms with Gasteiger partial charge in [0.2, 0.25) is 0 Å². The van der Waals surface area contributed by atoms with Crippen molar-refractivity contribution in [2.45, 2.75) is 44.1 Å².